The van der Waals surface area contributed by atoms with Gasteiger partial charge in [0.2, 0.25) is 5.91 Å². The van der Waals surface area contributed by atoms with Crippen molar-refractivity contribution in [3.8, 4) is 0 Å². The topological polar surface area (TPSA) is 51.1 Å². The maximum atomic E-state index is 14.1. The summed E-state index contributed by atoms with van der Waals surface area (Å²) in [6.07, 6.45) is 10.4. The molecule has 0 saturated heterocycles. The van der Waals surface area contributed by atoms with Gasteiger partial charge < -0.3 is 9.88 Å². The molecule has 0 radical (unpaired) electrons. The quantitative estimate of drug-likeness (QED) is 0.476. The molecule has 4 aliphatic rings. The molecule has 2 fully saturated rings. The number of allylic oxidation sites excluding steroid dienone is 2. The van der Waals surface area contributed by atoms with Crippen LogP contribution in [0.2, 0.25) is 0 Å². The maximum absolute atomic E-state index is 14.1. The third-order valence-electron chi connectivity index (χ3n) is 8.09. The largest absolute Gasteiger partial charge is 0.325 e. The van der Waals surface area contributed by atoms with Gasteiger partial charge in [-0.2, -0.15) is 0 Å². The van der Waals surface area contributed by atoms with Crippen LogP contribution in [0.15, 0.2) is 71.2 Å². The number of hydrogen-bond donors (Lipinski definition) is 1. The van der Waals surface area contributed by atoms with E-state index in [1.807, 2.05) is 12.1 Å². The molecule has 0 spiro atoms. The molecule has 3 aromatic rings. The SMILES string of the molecule is CC12C=C3CC(C1)CC(CC(=O)Nc1cccc4c(=O)n(Cc5ccccc5F)ccc14)(C3)C2. The number of hydrogen-bond acceptors (Lipinski definition) is 2. The first-order valence-electron chi connectivity index (χ1n) is 12.2. The van der Waals surface area contributed by atoms with Gasteiger partial charge in [0.15, 0.2) is 0 Å². The summed E-state index contributed by atoms with van der Waals surface area (Å²) < 4.78 is 15.6. The first-order chi connectivity index (χ1) is 16.3. The van der Waals surface area contributed by atoms with Gasteiger partial charge in [-0.25, -0.2) is 4.39 Å². The van der Waals surface area contributed by atoms with E-state index in [2.05, 4.69) is 18.3 Å². The molecule has 4 nitrogen and oxygen atoms in total. The Morgan fingerprint density at radius 2 is 1.97 bits per heavy atom. The zero-order valence-electron chi connectivity index (χ0n) is 19.4. The van der Waals surface area contributed by atoms with Crippen molar-refractivity contribution >= 4 is 22.4 Å². The van der Waals surface area contributed by atoms with Gasteiger partial charge in [0, 0.05) is 34.6 Å². The van der Waals surface area contributed by atoms with Crippen molar-refractivity contribution in [2.75, 3.05) is 5.32 Å². The molecule has 4 aliphatic carbocycles. The van der Waals surface area contributed by atoms with E-state index in [1.165, 1.54) is 23.5 Å². The first kappa shape index (κ1) is 21.3. The third-order valence-corrected chi connectivity index (χ3v) is 8.09. The number of carbonyl (C=O) groups is 1. The molecule has 1 aromatic heterocycles. The van der Waals surface area contributed by atoms with Gasteiger partial charge in [-0.15, -0.1) is 0 Å². The highest BCUT2D eigenvalue weighted by atomic mass is 19.1. The predicted octanol–water partition coefficient (Wildman–Crippen LogP) is 6.04. The fourth-order valence-electron chi connectivity index (χ4n) is 7.36. The molecule has 1 N–H and O–H groups in total. The average molecular weight is 457 g/mol. The smallest absolute Gasteiger partial charge is 0.258 e. The number of fused-ring (bicyclic) bond motifs is 1. The van der Waals surface area contributed by atoms with Gasteiger partial charge in [0.1, 0.15) is 5.82 Å². The van der Waals surface area contributed by atoms with Crippen molar-refractivity contribution in [2.24, 2.45) is 16.7 Å². The van der Waals surface area contributed by atoms with Crippen LogP contribution in [0.25, 0.3) is 10.8 Å². The Kier molecular flexibility index (Phi) is 4.80. The lowest BCUT2D eigenvalue weighted by molar-refractivity contribution is -0.121. The molecule has 174 valence electrons. The molecule has 2 saturated carbocycles. The molecular weight excluding hydrogens is 427 g/mol. The number of aromatic nitrogens is 1. The van der Waals surface area contributed by atoms with E-state index in [-0.39, 0.29) is 34.7 Å². The molecule has 4 bridgehead atoms. The Morgan fingerprint density at radius 1 is 1.12 bits per heavy atom. The molecule has 3 unspecified atom stereocenters. The van der Waals surface area contributed by atoms with Gasteiger partial charge in [-0.3, -0.25) is 9.59 Å². The van der Waals surface area contributed by atoms with Crippen LogP contribution in [0.3, 0.4) is 0 Å². The van der Waals surface area contributed by atoms with E-state index in [9.17, 15) is 14.0 Å². The lowest BCUT2D eigenvalue weighted by atomic mass is 9.48. The second-order valence-corrected chi connectivity index (χ2v) is 11.1. The van der Waals surface area contributed by atoms with E-state index in [0.29, 0.717) is 34.4 Å². The number of anilines is 1. The van der Waals surface area contributed by atoms with E-state index >= 15 is 0 Å². The molecular formula is C29H29FN2O2. The second-order valence-electron chi connectivity index (χ2n) is 11.1. The molecule has 5 heteroatoms. The van der Waals surface area contributed by atoms with Crippen LogP contribution < -0.4 is 10.9 Å². The summed E-state index contributed by atoms with van der Waals surface area (Å²) in [6.45, 7) is 2.51. The first-order valence-corrected chi connectivity index (χ1v) is 12.2. The summed E-state index contributed by atoms with van der Waals surface area (Å²) in [5.41, 5.74) is 2.79. The lowest BCUT2D eigenvalue weighted by Crippen LogP contribution is -2.47. The number of rotatable bonds is 5. The number of pyridine rings is 1. The van der Waals surface area contributed by atoms with Crippen molar-refractivity contribution in [2.45, 2.75) is 52.0 Å². The van der Waals surface area contributed by atoms with E-state index in [0.717, 1.165) is 19.3 Å². The van der Waals surface area contributed by atoms with E-state index < -0.39 is 0 Å². The average Bonchev–Trinajstić information content (AvgIpc) is 2.75. The fraction of sp³-hybridized carbons (Fsp3) is 0.379. The number of amides is 1. The number of benzene rings is 2. The number of carbonyl (C=O) groups excluding carboxylic acids is 1. The molecule has 7 rings (SSSR count). The van der Waals surface area contributed by atoms with Gasteiger partial charge in [0.25, 0.3) is 5.56 Å². The number of halogens is 1. The molecule has 1 heterocycles. The number of nitrogens with one attached hydrogen (secondary N) is 1. The summed E-state index contributed by atoms with van der Waals surface area (Å²) in [4.78, 5) is 26.4. The van der Waals surface area contributed by atoms with Gasteiger partial charge >= 0.3 is 0 Å². The highest BCUT2D eigenvalue weighted by Crippen LogP contribution is 2.63. The Balaban J connectivity index is 1.25. The molecule has 34 heavy (non-hydrogen) atoms. The van der Waals surface area contributed by atoms with E-state index in [4.69, 9.17) is 0 Å². The highest BCUT2D eigenvalue weighted by Gasteiger charge is 2.52. The summed E-state index contributed by atoms with van der Waals surface area (Å²) in [6, 6.07) is 13.7. The monoisotopic (exact) mass is 456 g/mol. The molecule has 0 aliphatic heterocycles. The van der Waals surface area contributed by atoms with Crippen LogP contribution in [0, 0.1) is 22.6 Å². The van der Waals surface area contributed by atoms with Crippen LogP contribution in [0.1, 0.15) is 51.0 Å². The van der Waals surface area contributed by atoms with Crippen molar-refractivity contribution in [1.29, 1.82) is 0 Å². The van der Waals surface area contributed by atoms with Crippen molar-refractivity contribution in [3.63, 3.8) is 0 Å². The van der Waals surface area contributed by atoms with Crippen molar-refractivity contribution in [1.82, 2.24) is 4.57 Å². The summed E-state index contributed by atoms with van der Waals surface area (Å²) >= 11 is 0. The van der Waals surface area contributed by atoms with Crippen molar-refractivity contribution < 1.29 is 9.18 Å². The van der Waals surface area contributed by atoms with Gasteiger partial charge in [-0.05, 0) is 73.1 Å². The third kappa shape index (κ3) is 3.67. The standard InChI is InChI=1S/C29H29FN2O2/c1-28-12-19-11-20(13-28)15-29(14-19,18-28)16-26(33)31-25-8-4-6-23-22(25)9-10-32(27(23)34)17-21-5-2-3-7-24(21)30/h2-10,12,20H,11,13-18H2,1H3,(H,31,33). The minimum Gasteiger partial charge on any atom is -0.325 e. The normalized spacial score (nSPS) is 27.1. The molecule has 3 atom stereocenters. The zero-order valence-corrected chi connectivity index (χ0v) is 19.4. The van der Waals surface area contributed by atoms with E-state index in [1.54, 1.807) is 42.1 Å². The van der Waals surface area contributed by atoms with Gasteiger partial charge in [0.05, 0.1) is 6.54 Å². The Morgan fingerprint density at radius 3 is 2.76 bits per heavy atom. The summed E-state index contributed by atoms with van der Waals surface area (Å²) in [5, 5.41) is 4.34. The molecule has 1 amide bonds. The van der Waals surface area contributed by atoms with Crippen LogP contribution >= 0.6 is 0 Å². The van der Waals surface area contributed by atoms with Crippen molar-refractivity contribution in [3.05, 3.63) is 88.1 Å². The minimum absolute atomic E-state index is 0.0224. The van der Waals surface area contributed by atoms with Crippen LogP contribution in [0.4, 0.5) is 10.1 Å². The Bertz CT molecular complexity index is 1410. The minimum atomic E-state index is -0.329. The van der Waals surface area contributed by atoms with Crippen LogP contribution in [0.5, 0.6) is 0 Å². The second kappa shape index (κ2) is 7.66. The van der Waals surface area contributed by atoms with Crippen LogP contribution in [-0.2, 0) is 11.3 Å². The number of nitrogens with zero attached hydrogens (tertiary/aromatic N) is 1. The highest BCUT2D eigenvalue weighted by molar-refractivity contribution is 6.02. The molecule has 2 aromatic carbocycles. The summed E-state index contributed by atoms with van der Waals surface area (Å²) in [7, 11) is 0. The van der Waals surface area contributed by atoms with Gasteiger partial charge in [-0.1, -0.05) is 42.8 Å². The summed E-state index contributed by atoms with van der Waals surface area (Å²) in [5.74, 6) is 0.407. The van der Waals surface area contributed by atoms with Crippen LogP contribution in [-0.4, -0.2) is 10.5 Å². The predicted molar refractivity (Wildman–Crippen MR) is 132 cm³/mol. The Labute approximate surface area is 198 Å². The zero-order chi connectivity index (χ0) is 23.5. The fourth-order valence-corrected chi connectivity index (χ4v) is 7.36. The maximum Gasteiger partial charge on any atom is 0.258 e. The Hall–Kier alpha value is -3.21. The lowest BCUT2D eigenvalue weighted by Gasteiger charge is -2.57.